The lowest BCUT2D eigenvalue weighted by Gasteiger charge is -2.61. The molecule has 8 heteroatoms. The van der Waals surface area contributed by atoms with Gasteiger partial charge in [-0.25, -0.2) is 0 Å². The third-order valence-electron chi connectivity index (χ3n) is 14.9. The zero-order chi connectivity index (χ0) is 40.7. The predicted molar refractivity (Wildman–Crippen MR) is 228 cm³/mol. The molecule has 6 rings (SSSR count). The molecule has 1 spiro atoms. The number of aliphatic hydroxyl groups is 5. The van der Waals surface area contributed by atoms with Crippen molar-refractivity contribution >= 4 is 6.29 Å². The Kier molecular flexibility index (Phi) is 14.9. The minimum absolute atomic E-state index is 0.0369. The van der Waals surface area contributed by atoms with Crippen molar-refractivity contribution in [3.63, 3.8) is 0 Å². The maximum atomic E-state index is 12.8. The molecule has 5 aliphatic rings. The number of aliphatic hydroxyl groups excluding tert-OH is 4. The molecule has 10 atom stereocenters. The number of nitrogens with one attached hydrogen (secondary N) is 2. The van der Waals surface area contributed by atoms with Crippen LogP contribution in [0, 0.1) is 40.9 Å². The number of rotatable bonds is 12. The summed E-state index contributed by atoms with van der Waals surface area (Å²) in [5.41, 5.74) is 4.54. The van der Waals surface area contributed by atoms with E-state index in [1.54, 1.807) is 0 Å². The monoisotopic (exact) mass is 783 g/mol. The summed E-state index contributed by atoms with van der Waals surface area (Å²) in [7, 11) is 1.86. The van der Waals surface area contributed by atoms with E-state index >= 15 is 0 Å². The van der Waals surface area contributed by atoms with Crippen LogP contribution in [0.5, 0.6) is 0 Å². The van der Waals surface area contributed by atoms with Crippen molar-refractivity contribution in [2.75, 3.05) is 26.8 Å². The highest BCUT2D eigenvalue weighted by molar-refractivity contribution is 5.74. The summed E-state index contributed by atoms with van der Waals surface area (Å²) in [6, 6.07) is 9.11. The molecule has 1 aromatic carbocycles. The summed E-state index contributed by atoms with van der Waals surface area (Å²) in [5, 5.41) is 64.5. The first kappa shape index (κ1) is 43.6. The molecule has 1 aromatic rings. The fourth-order valence-electron chi connectivity index (χ4n) is 11.8. The van der Waals surface area contributed by atoms with Crippen LogP contribution in [0.1, 0.15) is 95.6 Å². The Hall–Kier alpha value is -2.95. The lowest BCUT2D eigenvalue weighted by molar-refractivity contribution is -0.194. The normalized spacial score (nSPS) is 36.1. The van der Waals surface area contributed by atoms with Gasteiger partial charge in [-0.15, -0.1) is 0 Å². The standard InChI is InChI=1S/C49H70N2O6/c1-32(39-17-16-33(2)47(56)51-43(37-13-6-5-7-14-37)28-36-12-9-11-35(26-36)27-39)10-8-15-41(31-54)42-20-22-49(46(42)55)45-38(21-25-52)18-19-40(44(45)34(3)30-53)29-48(49,57)23-24-50-4/h8-12,15-16,18-19,26,30,37-40,42-43,45-47,50-52,54-57H,1,5-7,13-14,17,20-25,27-29,31H2,2-4H3/t38-,39-,40-,42+,43?,45+,46+,47+,48+,49+/m0/s1. The molecule has 1 heterocycles. The van der Waals surface area contributed by atoms with Crippen LogP contribution in [0.2, 0.25) is 0 Å². The first-order valence-corrected chi connectivity index (χ1v) is 21.9. The van der Waals surface area contributed by atoms with Crippen LogP contribution < -0.4 is 10.6 Å². The van der Waals surface area contributed by atoms with E-state index in [1.807, 2.05) is 39.1 Å². The molecule has 4 aliphatic carbocycles. The van der Waals surface area contributed by atoms with Crippen LogP contribution in [0.3, 0.4) is 0 Å². The molecule has 0 radical (unpaired) electrons. The SMILES string of the molecule is C=C(C=CC=C(CO)[C@H]1CC[C@]2([C@@H]1O)[C@H]1C(=C(C)C=O)[C@@H](C=C[C@H]1CCO)C[C@]2(O)CCNC)[C@H]1CC=C(C)[C@@H](O)NC(C2CCCCC2)Cc2cccc(c2)C1. The lowest BCUT2D eigenvalue weighted by atomic mass is 9.45. The Morgan fingerprint density at radius 3 is 2.53 bits per heavy atom. The van der Waals surface area contributed by atoms with Gasteiger partial charge >= 0.3 is 0 Å². The van der Waals surface area contributed by atoms with Gasteiger partial charge in [-0.1, -0.05) is 97.7 Å². The number of hydrogen-bond donors (Lipinski definition) is 7. The molecule has 0 aromatic heterocycles. The van der Waals surface area contributed by atoms with Gasteiger partial charge in [0, 0.05) is 29.9 Å². The predicted octanol–water partition coefficient (Wildman–Crippen LogP) is 6.44. The van der Waals surface area contributed by atoms with Gasteiger partial charge in [-0.05, 0) is 143 Å². The molecule has 4 bridgehead atoms. The van der Waals surface area contributed by atoms with E-state index < -0.39 is 29.3 Å². The van der Waals surface area contributed by atoms with Crippen molar-refractivity contribution in [1.29, 1.82) is 0 Å². The van der Waals surface area contributed by atoms with Crippen molar-refractivity contribution in [2.24, 2.45) is 40.9 Å². The third-order valence-corrected chi connectivity index (χ3v) is 14.9. The second-order valence-electron chi connectivity index (χ2n) is 18.1. The van der Waals surface area contributed by atoms with Crippen molar-refractivity contribution in [2.45, 2.75) is 121 Å². The van der Waals surface area contributed by atoms with Crippen LogP contribution >= 0.6 is 0 Å². The Balaban J connectivity index is 1.26. The highest BCUT2D eigenvalue weighted by Gasteiger charge is 2.68. The minimum Gasteiger partial charge on any atom is -0.396 e. The molecule has 1 aliphatic heterocycles. The van der Waals surface area contributed by atoms with Crippen molar-refractivity contribution in [1.82, 2.24) is 10.6 Å². The molecule has 0 amide bonds. The van der Waals surface area contributed by atoms with E-state index in [1.165, 1.54) is 43.2 Å². The first-order chi connectivity index (χ1) is 27.5. The zero-order valence-electron chi connectivity index (χ0n) is 34.7. The number of hydrogen-bond acceptors (Lipinski definition) is 8. The molecular weight excluding hydrogens is 713 g/mol. The summed E-state index contributed by atoms with van der Waals surface area (Å²) in [6.07, 6.45) is 22.5. The summed E-state index contributed by atoms with van der Waals surface area (Å²) in [5.74, 6) is -0.332. The number of benzene rings is 1. The van der Waals surface area contributed by atoms with Gasteiger partial charge in [-0.3, -0.25) is 10.1 Å². The molecule has 1 unspecified atom stereocenters. The van der Waals surface area contributed by atoms with Crippen molar-refractivity contribution < 1.29 is 30.3 Å². The number of aldehydes is 1. The van der Waals surface area contributed by atoms with E-state index in [4.69, 9.17) is 0 Å². The quantitative estimate of drug-likeness (QED) is 0.0556. The smallest absolute Gasteiger partial charge is 0.145 e. The molecule has 8 nitrogen and oxygen atoms in total. The average Bonchev–Trinajstić information content (AvgIpc) is 3.56. The number of allylic oxidation sites excluding steroid dienone is 9. The molecule has 57 heavy (non-hydrogen) atoms. The summed E-state index contributed by atoms with van der Waals surface area (Å²) < 4.78 is 0. The second kappa shape index (κ2) is 19.4. The molecular formula is C49H70N2O6. The molecule has 7 N–H and O–H groups in total. The van der Waals surface area contributed by atoms with Crippen molar-refractivity contribution in [3.05, 3.63) is 106 Å². The second-order valence-corrected chi connectivity index (χ2v) is 18.1. The summed E-state index contributed by atoms with van der Waals surface area (Å²) in [4.78, 5) is 12.3. The first-order valence-electron chi connectivity index (χ1n) is 21.9. The molecule has 312 valence electrons. The maximum Gasteiger partial charge on any atom is 0.145 e. The largest absolute Gasteiger partial charge is 0.396 e. The zero-order valence-corrected chi connectivity index (χ0v) is 34.7. The number of fused-ring (bicyclic) bond motifs is 5. The van der Waals surface area contributed by atoms with Gasteiger partial charge in [0.1, 0.15) is 12.5 Å². The lowest BCUT2D eigenvalue weighted by Crippen LogP contribution is -2.65. The van der Waals surface area contributed by atoms with Crippen LogP contribution in [-0.4, -0.2) is 82.6 Å². The van der Waals surface area contributed by atoms with Gasteiger partial charge < -0.3 is 30.8 Å². The number of carbonyl (C=O) groups excluding carboxylic acids is 1. The molecule has 0 saturated heterocycles. The fraction of sp³-hybridized carbons (Fsp3) is 0.612. The van der Waals surface area contributed by atoms with E-state index in [0.717, 1.165) is 42.3 Å². The Morgan fingerprint density at radius 1 is 1.07 bits per heavy atom. The minimum atomic E-state index is -1.23. The third kappa shape index (κ3) is 9.13. The van der Waals surface area contributed by atoms with E-state index in [0.29, 0.717) is 55.7 Å². The van der Waals surface area contributed by atoms with Gasteiger partial charge in [0.15, 0.2) is 0 Å². The summed E-state index contributed by atoms with van der Waals surface area (Å²) >= 11 is 0. The van der Waals surface area contributed by atoms with Crippen LogP contribution in [0.25, 0.3) is 0 Å². The Morgan fingerprint density at radius 2 is 1.82 bits per heavy atom. The Labute approximate surface area is 341 Å². The van der Waals surface area contributed by atoms with Gasteiger partial charge in [0.25, 0.3) is 0 Å². The van der Waals surface area contributed by atoms with Crippen LogP contribution in [0.4, 0.5) is 0 Å². The topological polar surface area (TPSA) is 142 Å². The summed E-state index contributed by atoms with van der Waals surface area (Å²) in [6.45, 7) is 8.65. The van der Waals surface area contributed by atoms with E-state index in [-0.39, 0.29) is 42.9 Å². The fourth-order valence-corrected chi connectivity index (χ4v) is 11.8. The van der Waals surface area contributed by atoms with E-state index in [2.05, 4.69) is 59.7 Å². The molecule has 3 saturated carbocycles. The van der Waals surface area contributed by atoms with Gasteiger partial charge in [0.05, 0.1) is 18.3 Å². The van der Waals surface area contributed by atoms with Crippen LogP contribution in [0.15, 0.2) is 95.2 Å². The van der Waals surface area contributed by atoms with Gasteiger partial charge in [-0.2, -0.15) is 0 Å². The molecule has 3 fully saturated rings. The van der Waals surface area contributed by atoms with Gasteiger partial charge in [0.2, 0.25) is 0 Å². The average molecular weight is 783 g/mol. The highest BCUT2D eigenvalue weighted by Crippen LogP contribution is 2.67. The number of carbonyl (C=O) groups is 1. The van der Waals surface area contributed by atoms with Crippen molar-refractivity contribution in [3.8, 4) is 0 Å². The Bertz CT molecular complexity index is 1720. The van der Waals surface area contributed by atoms with E-state index in [9.17, 15) is 30.3 Å². The highest BCUT2D eigenvalue weighted by atomic mass is 16.3. The maximum absolute atomic E-state index is 12.8. The van der Waals surface area contributed by atoms with Crippen LogP contribution in [-0.2, 0) is 17.6 Å².